The van der Waals surface area contributed by atoms with Gasteiger partial charge in [0.2, 0.25) is 18.9 Å². The predicted octanol–water partition coefficient (Wildman–Crippen LogP) is 6.90. The highest BCUT2D eigenvalue weighted by molar-refractivity contribution is 7.74. The Hall–Kier alpha value is -4.89. The molecule has 4 heterocycles. The fourth-order valence-corrected chi connectivity index (χ4v) is 10.4. The summed E-state index contributed by atoms with van der Waals surface area (Å²) < 4.78 is 96.8. The summed E-state index contributed by atoms with van der Waals surface area (Å²) in [6.07, 6.45) is -1.50. The number of thiol groups is 1. The number of hydrogen-bond acceptors (Lipinski definition) is 21. The molecule has 7 atom stereocenters. The van der Waals surface area contributed by atoms with E-state index in [9.17, 15) is 28.2 Å². The topological polar surface area (TPSA) is 306 Å². The second kappa shape index (κ2) is 25.1. The van der Waals surface area contributed by atoms with Gasteiger partial charge in [0.25, 0.3) is 11.2 Å². The number of rotatable bonds is 23. The quantitative estimate of drug-likeness (QED) is 0.0185. The maximum Gasteiger partial charge on any atom is 0.442 e. The number of nitrogens with two attached hydrogens (primary N) is 1. The second-order valence-electron chi connectivity index (χ2n) is 19.9. The highest BCUT2D eigenvalue weighted by Crippen LogP contribution is 2.61. The lowest BCUT2D eigenvalue weighted by atomic mass is 10.1. The van der Waals surface area contributed by atoms with Crippen LogP contribution in [-0.4, -0.2) is 135 Å². The molecule has 25 nitrogen and oxygen atoms in total. The van der Waals surface area contributed by atoms with Crippen LogP contribution in [0.5, 0.6) is 0 Å². The smallest absolute Gasteiger partial charge is 0.442 e. The average molecular weight is 1120 g/mol. The molecule has 2 saturated heterocycles. The van der Waals surface area contributed by atoms with Crippen molar-refractivity contribution in [2.45, 2.75) is 148 Å². The Morgan fingerprint density at radius 2 is 1.59 bits per heavy atom. The average Bonchev–Trinajstić information content (AvgIpc) is 4.12. The lowest BCUT2D eigenvalue weighted by Gasteiger charge is -2.36. The summed E-state index contributed by atoms with van der Waals surface area (Å²) in [5, 5.41) is 1.78. The third kappa shape index (κ3) is 14.8. The van der Waals surface area contributed by atoms with E-state index in [1.807, 2.05) is 0 Å². The number of ether oxygens (including phenoxy) is 9. The van der Waals surface area contributed by atoms with Crippen molar-refractivity contribution >= 4 is 76.7 Å². The van der Waals surface area contributed by atoms with E-state index in [0.29, 0.717) is 23.8 Å². The zero-order chi connectivity index (χ0) is 55.0. The van der Waals surface area contributed by atoms with Crippen LogP contribution in [0, 0.1) is 11.8 Å². The van der Waals surface area contributed by atoms with Crippen molar-refractivity contribution in [3.63, 3.8) is 0 Å². The molecule has 0 spiro atoms. The summed E-state index contributed by atoms with van der Waals surface area (Å²) in [7, 11) is -7.59. The maximum absolute atomic E-state index is 15.4. The van der Waals surface area contributed by atoms with Crippen molar-refractivity contribution in [1.29, 1.82) is 0 Å². The molecule has 3 aliphatic rings. The van der Waals surface area contributed by atoms with Gasteiger partial charge in [-0.25, -0.2) is 14.3 Å². The zero-order valence-corrected chi connectivity index (χ0v) is 46.1. The summed E-state index contributed by atoms with van der Waals surface area (Å²) in [6.45, 7) is 10.5. The molecule has 3 aromatic rings. The minimum atomic E-state index is -5.34. The molecule has 0 bridgehead atoms. The molecule has 3 fully saturated rings. The number of primary amides is 1. The fourth-order valence-electron chi connectivity index (χ4n) is 8.33. The number of carbonyl (C=O) groups is 5. The summed E-state index contributed by atoms with van der Waals surface area (Å²) >= 11 is 6.63. The molecular formula is C47H67ClN7O18PS. The first-order valence-corrected chi connectivity index (χ1v) is 27.9. The van der Waals surface area contributed by atoms with E-state index < -0.39 is 134 Å². The van der Waals surface area contributed by atoms with E-state index in [4.69, 9.17) is 69.0 Å². The molecule has 416 valence electrons. The molecule has 2 aliphatic heterocycles. The van der Waals surface area contributed by atoms with Gasteiger partial charge in [-0.2, -0.15) is 15.1 Å². The highest BCUT2D eigenvalue weighted by atomic mass is 35.5. The number of halogens is 1. The molecule has 0 radical (unpaired) electrons. The predicted molar refractivity (Wildman–Crippen MR) is 267 cm³/mol. The van der Waals surface area contributed by atoms with Gasteiger partial charge in [-0.05, 0) is 64.6 Å². The summed E-state index contributed by atoms with van der Waals surface area (Å²) in [5.41, 5.74) is 5.94. The van der Waals surface area contributed by atoms with Crippen molar-refractivity contribution in [3.05, 3.63) is 47.4 Å². The van der Waals surface area contributed by atoms with Gasteiger partial charge in [0.1, 0.15) is 30.0 Å². The van der Waals surface area contributed by atoms with Crippen molar-refractivity contribution in [1.82, 2.24) is 19.7 Å². The van der Waals surface area contributed by atoms with Gasteiger partial charge in [-0.1, -0.05) is 70.9 Å². The van der Waals surface area contributed by atoms with E-state index in [2.05, 4.69) is 19.4 Å². The van der Waals surface area contributed by atoms with E-state index in [1.165, 1.54) is 49.7 Å². The van der Waals surface area contributed by atoms with Crippen LogP contribution in [0.4, 0.5) is 15.4 Å². The molecule has 3 amide bonds. The summed E-state index contributed by atoms with van der Waals surface area (Å²) in [5.74, 6) is -5.48. The van der Waals surface area contributed by atoms with Crippen LogP contribution in [0.3, 0.4) is 0 Å². The van der Waals surface area contributed by atoms with Gasteiger partial charge in [0.05, 0.1) is 43.2 Å². The normalized spacial score (nSPS) is 21.5. The monoisotopic (exact) mass is 1120 g/mol. The zero-order valence-electron chi connectivity index (χ0n) is 43.5. The van der Waals surface area contributed by atoms with Gasteiger partial charge in [-0.3, -0.25) is 37.1 Å². The van der Waals surface area contributed by atoms with Gasteiger partial charge >= 0.3 is 31.7 Å². The number of hydrogen-bond donors (Lipinski definition) is 2. The summed E-state index contributed by atoms with van der Waals surface area (Å²) in [4.78, 5) is 76.3. The number of nitrogens with zero attached hydrogens (tertiary/aromatic N) is 6. The van der Waals surface area contributed by atoms with E-state index in [0.717, 1.165) is 12.8 Å². The highest BCUT2D eigenvalue weighted by Gasteiger charge is 2.62. The number of fused-ring (bicyclic) bond motifs is 2. The minimum Gasteiger partial charge on any atom is -0.443 e. The first kappa shape index (κ1) is 59.4. The molecule has 1 unspecified atom stereocenters. The third-order valence-corrected chi connectivity index (χ3v) is 14.7. The second-order valence-corrected chi connectivity index (χ2v) is 23.6. The standard InChI is InChI=1S/C47H67ClN7O18PS/c1-27(2)39(56)64-25-67-74(61,68-26-65-40(57)28(3)4)47(41(49)58,24-63-21-20-32(29-16-12-11-13-17-29)70-43(59)53-75(10)62)66-23-33-34-35(72-46(8,9)71-34)38(69-33)55-37-31(22-50-55)36(51-42(48)52-37)54(30-18-14-15-19-30)44(60)73-45(5,6)7/h11-13,16-17,22,27-28,30,32-35,38,75H,14-15,18-21,23-26H2,1-10H3,(H2,49,58)/t32-,33-,34-,35-,38-,47+/m1/s1. The Morgan fingerprint density at radius 1 is 0.973 bits per heavy atom. The lowest BCUT2D eigenvalue weighted by molar-refractivity contribution is -0.208. The molecule has 75 heavy (non-hydrogen) atoms. The third-order valence-electron chi connectivity index (χ3n) is 11.8. The number of esters is 2. The number of benzene rings is 1. The van der Waals surface area contributed by atoms with Crippen LogP contribution < -0.4 is 10.6 Å². The fraction of sp³-hybridized carbons (Fsp3) is 0.660. The van der Waals surface area contributed by atoms with Crippen LogP contribution in [0.15, 0.2) is 40.9 Å². The van der Waals surface area contributed by atoms with Gasteiger partial charge in [0.15, 0.2) is 23.5 Å². The van der Waals surface area contributed by atoms with Crippen LogP contribution in [0.1, 0.15) is 112 Å². The van der Waals surface area contributed by atoms with Crippen LogP contribution in [-0.2, 0) is 81.2 Å². The molecule has 1 aromatic carbocycles. The number of amides is 3. The van der Waals surface area contributed by atoms with Gasteiger partial charge < -0.3 is 48.4 Å². The molecule has 2 N–H and O–H groups in total. The van der Waals surface area contributed by atoms with E-state index in [-0.39, 0.29) is 35.8 Å². The van der Waals surface area contributed by atoms with Crippen molar-refractivity contribution < 1.29 is 84.4 Å². The van der Waals surface area contributed by atoms with E-state index >= 15 is 4.57 Å². The minimum absolute atomic E-state index is 0.120. The SMILES string of the molecule is CC(C)C(=O)OCOP(=O)(OCOC(=O)C(C)C)[C@](COCC[C@@H](OC(=O)/N=[SH](/C)=O)c1ccccc1)(OC[C@H]1O[C@@H](n2ncc3c(N(C(=O)OC(C)(C)C)C4CCCC4)nc(Cl)nc32)[C@@H]2OC(C)(C)O[C@@H]21)C(N)=O. The van der Waals surface area contributed by atoms with Crippen molar-refractivity contribution in [2.75, 3.05) is 44.6 Å². The van der Waals surface area contributed by atoms with Gasteiger partial charge in [0, 0.05) is 29.3 Å². The van der Waals surface area contributed by atoms with Crippen LogP contribution in [0.25, 0.3) is 11.0 Å². The van der Waals surface area contributed by atoms with Crippen LogP contribution in [0.2, 0.25) is 5.28 Å². The maximum atomic E-state index is 15.4. The Morgan fingerprint density at radius 3 is 2.16 bits per heavy atom. The number of anilines is 1. The Kier molecular flexibility index (Phi) is 19.8. The Balaban J connectivity index is 1.37. The number of carbonyl (C=O) groups excluding carboxylic acids is 5. The molecule has 28 heteroatoms. The van der Waals surface area contributed by atoms with Crippen molar-refractivity contribution in [2.24, 2.45) is 21.9 Å². The first-order valence-electron chi connectivity index (χ1n) is 24.3. The molecule has 6 rings (SSSR count). The largest absolute Gasteiger partial charge is 0.443 e. The summed E-state index contributed by atoms with van der Waals surface area (Å²) in [6, 6.07) is 8.17. The van der Waals surface area contributed by atoms with E-state index in [1.54, 1.807) is 65.0 Å². The van der Waals surface area contributed by atoms with Crippen LogP contribution >= 0.6 is 19.2 Å². The molecule has 1 saturated carbocycles. The first-order chi connectivity index (χ1) is 35.2. The Labute approximate surface area is 441 Å². The van der Waals surface area contributed by atoms with Crippen molar-refractivity contribution in [3.8, 4) is 0 Å². The molecule has 2 aromatic heterocycles. The van der Waals surface area contributed by atoms with Gasteiger partial charge in [-0.15, -0.1) is 4.36 Å². The molecule has 1 aliphatic carbocycles. The molecular weight excluding hydrogens is 1050 g/mol. The number of aromatic nitrogens is 4. The lowest BCUT2D eigenvalue weighted by Crippen LogP contribution is -2.52. The Bertz CT molecular complexity index is 2630.